The number of ether oxygens (including phenoxy) is 2. The molecule has 1 saturated carbocycles. The molecule has 0 bridgehead atoms. The van der Waals surface area contributed by atoms with Gasteiger partial charge in [-0.25, -0.2) is 15.0 Å². The van der Waals surface area contributed by atoms with E-state index in [1.807, 2.05) is 6.92 Å². The lowest BCUT2D eigenvalue weighted by atomic mass is 10.0. The molecule has 6 heteroatoms. The molecule has 6 nitrogen and oxygen atoms in total. The van der Waals surface area contributed by atoms with Crippen LogP contribution in [0.2, 0.25) is 0 Å². The molecule has 1 aliphatic carbocycles. The van der Waals surface area contributed by atoms with Crippen molar-refractivity contribution in [2.75, 3.05) is 7.11 Å². The van der Waals surface area contributed by atoms with Crippen molar-refractivity contribution < 1.29 is 9.47 Å². The lowest BCUT2D eigenvalue weighted by Crippen LogP contribution is -2.04. The summed E-state index contributed by atoms with van der Waals surface area (Å²) in [6.07, 6.45) is 5.45. The molecule has 0 atom stereocenters. The van der Waals surface area contributed by atoms with Gasteiger partial charge in [0.2, 0.25) is 11.8 Å². The normalized spacial score (nSPS) is 13.2. The van der Waals surface area contributed by atoms with E-state index in [4.69, 9.17) is 9.47 Å². The van der Waals surface area contributed by atoms with E-state index in [-0.39, 0.29) is 0 Å². The van der Waals surface area contributed by atoms with E-state index < -0.39 is 0 Å². The Morgan fingerprint density at radius 3 is 2.69 bits per heavy atom. The summed E-state index contributed by atoms with van der Waals surface area (Å²) in [4.78, 5) is 17.7. The monoisotopic (exact) mass is 388 g/mol. The van der Waals surface area contributed by atoms with Crippen LogP contribution in [-0.4, -0.2) is 27.0 Å². The Morgan fingerprint density at radius 2 is 2.00 bits per heavy atom. The number of allylic oxidation sites excluding steroid dienone is 1. The molecule has 1 aliphatic rings. The zero-order valence-electron chi connectivity index (χ0n) is 17.0. The van der Waals surface area contributed by atoms with Crippen molar-refractivity contribution in [3.8, 4) is 23.1 Å². The number of aromatic nitrogens is 4. The average Bonchev–Trinajstić information content (AvgIpc) is 3.57. The number of aryl methyl sites for hydroxylation is 1. The van der Waals surface area contributed by atoms with Crippen LogP contribution in [0.25, 0.3) is 17.0 Å². The fourth-order valence-electron chi connectivity index (χ4n) is 3.41. The van der Waals surface area contributed by atoms with Gasteiger partial charge < -0.3 is 9.47 Å². The minimum absolute atomic E-state index is 0.421. The van der Waals surface area contributed by atoms with Crippen LogP contribution in [0.1, 0.15) is 48.1 Å². The van der Waals surface area contributed by atoms with Gasteiger partial charge in [-0.15, -0.1) is 0 Å². The lowest BCUT2D eigenvalue weighted by Gasteiger charge is -2.12. The Morgan fingerprint density at radius 1 is 1.17 bits per heavy atom. The molecule has 0 radical (unpaired) electrons. The Bertz CT molecular complexity index is 1060. The summed E-state index contributed by atoms with van der Waals surface area (Å²) in [7, 11) is 1.60. The van der Waals surface area contributed by atoms with E-state index in [1.165, 1.54) is 17.5 Å². The lowest BCUT2D eigenvalue weighted by molar-refractivity contribution is 0.293. The van der Waals surface area contributed by atoms with Gasteiger partial charge in [-0.2, -0.15) is 4.98 Å². The molecular weight excluding hydrogens is 364 g/mol. The van der Waals surface area contributed by atoms with Crippen LogP contribution in [0, 0.1) is 6.92 Å². The molecule has 29 heavy (non-hydrogen) atoms. The number of nitrogens with zero attached hydrogens (tertiary/aromatic N) is 4. The second-order valence-corrected chi connectivity index (χ2v) is 7.35. The van der Waals surface area contributed by atoms with Crippen molar-refractivity contribution in [2.45, 2.75) is 39.2 Å². The molecule has 1 fully saturated rings. The average molecular weight is 388 g/mol. The van der Waals surface area contributed by atoms with E-state index in [2.05, 4.69) is 51.6 Å². The van der Waals surface area contributed by atoms with E-state index >= 15 is 0 Å². The summed E-state index contributed by atoms with van der Waals surface area (Å²) in [5, 5.41) is 0. The predicted molar refractivity (Wildman–Crippen MR) is 112 cm³/mol. The van der Waals surface area contributed by atoms with Gasteiger partial charge in [0.1, 0.15) is 18.5 Å². The van der Waals surface area contributed by atoms with Gasteiger partial charge in [0.15, 0.2) is 5.82 Å². The molecule has 0 unspecified atom stereocenters. The Balaban J connectivity index is 1.58. The molecule has 0 N–H and O–H groups in total. The van der Waals surface area contributed by atoms with Crippen molar-refractivity contribution in [2.24, 2.45) is 0 Å². The highest BCUT2D eigenvalue weighted by Crippen LogP contribution is 2.44. The summed E-state index contributed by atoms with van der Waals surface area (Å²) >= 11 is 0. The highest BCUT2D eigenvalue weighted by molar-refractivity contribution is 5.66. The molecule has 3 aromatic rings. The maximum atomic E-state index is 5.94. The van der Waals surface area contributed by atoms with Crippen molar-refractivity contribution in [3.05, 3.63) is 65.8 Å². The van der Waals surface area contributed by atoms with E-state index in [0.29, 0.717) is 30.1 Å². The number of methoxy groups -OCH3 is 1. The first-order valence-electron chi connectivity index (χ1n) is 9.67. The fourth-order valence-corrected chi connectivity index (χ4v) is 3.41. The zero-order valence-corrected chi connectivity index (χ0v) is 17.0. The van der Waals surface area contributed by atoms with Crippen LogP contribution < -0.4 is 9.47 Å². The zero-order chi connectivity index (χ0) is 20.4. The minimum atomic E-state index is 0.421. The molecule has 0 spiro atoms. The second kappa shape index (κ2) is 7.99. The highest BCUT2D eigenvalue weighted by atomic mass is 16.5. The van der Waals surface area contributed by atoms with E-state index in [1.54, 1.807) is 19.4 Å². The minimum Gasteiger partial charge on any atom is -0.480 e. The number of rotatable bonds is 7. The van der Waals surface area contributed by atoms with Gasteiger partial charge in [0, 0.05) is 18.2 Å². The van der Waals surface area contributed by atoms with Crippen molar-refractivity contribution >= 4 is 5.57 Å². The molecule has 148 valence electrons. The summed E-state index contributed by atoms with van der Waals surface area (Å²) in [5.41, 5.74) is 6.18. The molecular formula is C23H24N4O2. The van der Waals surface area contributed by atoms with Crippen molar-refractivity contribution in [1.82, 2.24) is 19.9 Å². The van der Waals surface area contributed by atoms with E-state index in [0.717, 1.165) is 35.2 Å². The number of benzene rings is 1. The summed E-state index contributed by atoms with van der Waals surface area (Å²) < 4.78 is 11.4. The van der Waals surface area contributed by atoms with Crippen LogP contribution in [0.5, 0.6) is 11.8 Å². The van der Waals surface area contributed by atoms with Gasteiger partial charge in [-0.1, -0.05) is 30.4 Å². The molecule has 4 rings (SSSR count). The van der Waals surface area contributed by atoms with Crippen LogP contribution in [0.4, 0.5) is 0 Å². The predicted octanol–water partition coefficient (Wildman–Crippen LogP) is 4.74. The molecule has 2 aromatic heterocycles. The van der Waals surface area contributed by atoms with Crippen molar-refractivity contribution in [3.63, 3.8) is 0 Å². The smallest absolute Gasteiger partial charge is 0.227 e. The maximum Gasteiger partial charge on any atom is 0.227 e. The Labute approximate surface area is 170 Å². The number of hydrogen-bond acceptors (Lipinski definition) is 6. The third-order valence-electron chi connectivity index (χ3n) is 4.99. The summed E-state index contributed by atoms with van der Waals surface area (Å²) in [6.45, 7) is 8.53. The van der Waals surface area contributed by atoms with Crippen LogP contribution in [0.3, 0.4) is 0 Å². The summed E-state index contributed by atoms with van der Waals surface area (Å²) in [6, 6.07) is 8.01. The molecule has 0 aliphatic heterocycles. The Hall–Kier alpha value is -3.28. The maximum absolute atomic E-state index is 5.94. The fraction of sp³-hybridized carbons (Fsp3) is 0.304. The highest BCUT2D eigenvalue weighted by Gasteiger charge is 2.31. The molecule has 0 amide bonds. The van der Waals surface area contributed by atoms with Crippen LogP contribution in [-0.2, 0) is 6.61 Å². The second-order valence-electron chi connectivity index (χ2n) is 7.35. The van der Waals surface area contributed by atoms with Gasteiger partial charge in [-0.3, -0.25) is 0 Å². The van der Waals surface area contributed by atoms with Gasteiger partial charge >= 0.3 is 0 Å². The third kappa shape index (κ3) is 4.11. The first kappa shape index (κ1) is 19.1. The summed E-state index contributed by atoms with van der Waals surface area (Å²) in [5.74, 6) is 1.94. The standard InChI is InChI=1S/C23H24N4O2/c1-14(2)18-8-5-16(11-15(18)3)12-29-19-9-10-24-22(27-19)20-21(17-6-7-17)25-13-26-23(20)28-4/h5,8-11,13,17H,1,6-7,12H2,2-4H3. The van der Waals surface area contributed by atoms with Crippen molar-refractivity contribution in [1.29, 1.82) is 0 Å². The van der Waals surface area contributed by atoms with E-state index in [9.17, 15) is 0 Å². The van der Waals surface area contributed by atoms with Gasteiger partial charge in [0.05, 0.1) is 12.8 Å². The largest absolute Gasteiger partial charge is 0.480 e. The third-order valence-corrected chi connectivity index (χ3v) is 4.99. The van der Waals surface area contributed by atoms with Gasteiger partial charge in [0.25, 0.3) is 0 Å². The molecule has 0 saturated heterocycles. The Kier molecular flexibility index (Phi) is 5.25. The topological polar surface area (TPSA) is 70.0 Å². The molecule has 2 heterocycles. The first-order chi connectivity index (χ1) is 14.1. The quantitative estimate of drug-likeness (QED) is 0.582. The SMILES string of the molecule is C=C(C)c1ccc(COc2ccnc(-c3c(OC)ncnc3C3CC3)n2)cc1C. The first-order valence-corrected chi connectivity index (χ1v) is 9.67. The number of hydrogen-bond donors (Lipinski definition) is 0. The van der Waals surface area contributed by atoms with Crippen LogP contribution in [0.15, 0.2) is 43.4 Å². The van der Waals surface area contributed by atoms with Gasteiger partial charge in [-0.05, 0) is 43.4 Å². The molecule has 1 aromatic carbocycles. The van der Waals surface area contributed by atoms with Crippen LogP contribution >= 0.6 is 0 Å².